The molecule has 0 aromatic heterocycles. The molecule has 3 unspecified atom stereocenters. The van der Waals surface area contributed by atoms with Crippen LogP contribution in [0.2, 0.25) is 0 Å². The molecule has 0 spiro atoms. The average molecular weight is 830 g/mol. The van der Waals surface area contributed by atoms with E-state index in [0.717, 1.165) is 77.0 Å². The maximum absolute atomic E-state index is 13.2. The van der Waals surface area contributed by atoms with E-state index in [1.54, 1.807) is 0 Å². The van der Waals surface area contributed by atoms with Crippen LogP contribution in [-0.2, 0) is 14.3 Å². The summed E-state index contributed by atoms with van der Waals surface area (Å²) in [6.07, 6.45) is 54.9. The van der Waals surface area contributed by atoms with E-state index in [1.165, 1.54) is 141 Å². The van der Waals surface area contributed by atoms with Gasteiger partial charge in [0.15, 0.2) is 0 Å². The van der Waals surface area contributed by atoms with Gasteiger partial charge in [0.2, 0.25) is 5.91 Å². The number of unbranched alkanes of at least 4 members (excludes halogenated alkanes) is 28. The Labute approximate surface area is 366 Å². The van der Waals surface area contributed by atoms with E-state index in [4.69, 9.17) is 4.74 Å². The molecule has 0 aliphatic carbocycles. The van der Waals surface area contributed by atoms with Crippen LogP contribution in [0.25, 0.3) is 0 Å². The second kappa shape index (κ2) is 47.1. The third-order valence-corrected chi connectivity index (χ3v) is 11.7. The van der Waals surface area contributed by atoms with E-state index in [1.807, 2.05) is 0 Å². The molecule has 0 bridgehead atoms. The fourth-order valence-corrected chi connectivity index (χ4v) is 7.86. The van der Waals surface area contributed by atoms with Crippen LogP contribution in [0.4, 0.5) is 0 Å². The van der Waals surface area contributed by atoms with E-state index >= 15 is 0 Å². The van der Waals surface area contributed by atoms with E-state index in [9.17, 15) is 19.8 Å². The van der Waals surface area contributed by atoms with Crippen LogP contribution in [0.5, 0.6) is 0 Å². The van der Waals surface area contributed by atoms with Gasteiger partial charge in [0.25, 0.3) is 0 Å². The quantitative estimate of drug-likeness (QED) is 0.0323. The van der Waals surface area contributed by atoms with Crippen LogP contribution in [0, 0.1) is 0 Å². The predicted molar refractivity (Wildman–Crippen MR) is 255 cm³/mol. The molecule has 59 heavy (non-hydrogen) atoms. The molecule has 0 aromatic rings. The first-order chi connectivity index (χ1) is 29.0. The van der Waals surface area contributed by atoms with Gasteiger partial charge < -0.3 is 20.3 Å². The Morgan fingerprint density at radius 1 is 0.508 bits per heavy atom. The maximum atomic E-state index is 13.2. The number of rotatable bonds is 46. The summed E-state index contributed by atoms with van der Waals surface area (Å²) in [5.74, 6) is -0.502. The first-order valence-corrected chi connectivity index (χ1v) is 25.7. The monoisotopic (exact) mass is 830 g/mol. The highest BCUT2D eigenvalue weighted by Crippen LogP contribution is 2.18. The molecule has 0 aromatic carbocycles. The van der Waals surface area contributed by atoms with Gasteiger partial charge in [-0.25, -0.2) is 0 Å². The van der Waals surface area contributed by atoms with Crippen molar-refractivity contribution < 1.29 is 24.5 Å². The minimum absolute atomic E-state index is 0.0552. The molecule has 3 N–H and O–H groups in total. The molecule has 346 valence electrons. The first kappa shape index (κ1) is 57.1. The molecule has 6 heteroatoms. The highest BCUT2D eigenvalue weighted by Gasteiger charge is 2.24. The number of aliphatic hydroxyl groups excluding tert-OH is 2. The fraction of sp³-hybridized carbons (Fsp3) is 0.849. The Morgan fingerprint density at radius 3 is 1.37 bits per heavy atom. The lowest BCUT2D eigenvalue weighted by atomic mass is 10.0. The second-order valence-corrected chi connectivity index (χ2v) is 17.5. The Morgan fingerprint density at radius 2 is 0.915 bits per heavy atom. The third kappa shape index (κ3) is 42.6. The number of carbonyl (C=O) groups excluding carboxylic acids is 2. The molecule has 0 radical (unpaired) electrons. The van der Waals surface area contributed by atoms with Gasteiger partial charge in [0.05, 0.1) is 25.2 Å². The van der Waals surface area contributed by atoms with Crippen LogP contribution in [0.3, 0.4) is 0 Å². The molecule has 0 aliphatic heterocycles. The third-order valence-electron chi connectivity index (χ3n) is 11.7. The van der Waals surface area contributed by atoms with Crippen molar-refractivity contribution in [1.82, 2.24) is 5.32 Å². The highest BCUT2D eigenvalue weighted by molar-refractivity contribution is 5.77. The molecule has 3 atom stereocenters. The number of allylic oxidation sites excluding steroid dienone is 6. The SMILES string of the molecule is CC/C=C/C/C=C/C/C=C/CCCCC(CC(=O)NC(CO)C(O)CCCCCCCCCCCCCCCC)OC(=O)CCCCCCCCCCCCCCCC. The van der Waals surface area contributed by atoms with Gasteiger partial charge in [0, 0.05) is 6.42 Å². The smallest absolute Gasteiger partial charge is 0.306 e. The number of ether oxygens (including phenoxy) is 1. The van der Waals surface area contributed by atoms with Gasteiger partial charge in [-0.2, -0.15) is 0 Å². The van der Waals surface area contributed by atoms with Gasteiger partial charge in [-0.15, -0.1) is 0 Å². The summed E-state index contributed by atoms with van der Waals surface area (Å²) in [5, 5.41) is 23.7. The first-order valence-electron chi connectivity index (χ1n) is 25.7. The molecule has 0 heterocycles. The maximum Gasteiger partial charge on any atom is 0.306 e. The fourth-order valence-electron chi connectivity index (χ4n) is 7.86. The standard InChI is InChI=1S/C53H99NO5/c1-4-7-10-13-16-19-22-25-27-30-33-36-39-42-45-51(56)50(48-55)54-52(57)47-49(44-41-38-35-32-29-24-21-18-15-12-9-6-3)59-53(58)46-43-40-37-34-31-28-26-23-20-17-14-11-8-5-2/h9,12,18,21,29,32,49-51,55-56H,4-8,10-11,13-17,19-20,22-28,30-31,33-48H2,1-3H3,(H,54,57)/b12-9+,21-18+,32-29+. The van der Waals surface area contributed by atoms with Crippen molar-refractivity contribution in [3.8, 4) is 0 Å². The summed E-state index contributed by atoms with van der Waals surface area (Å²) in [5.41, 5.74) is 0. The molecule has 0 aliphatic rings. The molecule has 0 fully saturated rings. The van der Waals surface area contributed by atoms with Gasteiger partial charge in [-0.3, -0.25) is 9.59 Å². The van der Waals surface area contributed by atoms with Crippen molar-refractivity contribution >= 4 is 11.9 Å². The number of amides is 1. The Bertz CT molecular complexity index is 977. The van der Waals surface area contributed by atoms with Gasteiger partial charge in [0.1, 0.15) is 6.10 Å². The molecule has 0 rings (SSSR count). The number of hydrogen-bond donors (Lipinski definition) is 3. The van der Waals surface area contributed by atoms with Crippen molar-refractivity contribution in [2.45, 2.75) is 283 Å². The van der Waals surface area contributed by atoms with E-state index in [2.05, 4.69) is 62.5 Å². The van der Waals surface area contributed by atoms with Crippen LogP contribution in [0.1, 0.15) is 265 Å². The lowest BCUT2D eigenvalue weighted by molar-refractivity contribution is -0.151. The van der Waals surface area contributed by atoms with Crippen molar-refractivity contribution in [1.29, 1.82) is 0 Å². The van der Waals surface area contributed by atoms with Crippen LogP contribution < -0.4 is 5.32 Å². The minimum atomic E-state index is -0.794. The van der Waals surface area contributed by atoms with E-state index in [-0.39, 0.29) is 24.9 Å². The number of esters is 1. The number of aliphatic hydroxyl groups is 2. The molecular weight excluding hydrogens is 731 g/mol. The Balaban J connectivity index is 4.56. The number of carbonyl (C=O) groups is 2. The van der Waals surface area contributed by atoms with Crippen molar-refractivity contribution in [3.63, 3.8) is 0 Å². The highest BCUT2D eigenvalue weighted by atomic mass is 16.5. The van der Waals surface area contributed by atoms with Gasteiger partial charge in [-0.05, 0) is 57.8 Å². The topological polar surface area (TPSA) is 95.9 Å². The molecule has 0 saturated heterocycles. The van der Waals surface area contributed by atoms with E-state index in [0.29, 0.717) is 19.3 Å². The van der Waals surface area contributed by atoms with Crippen LogP contribution in [0.15, 0.2) is 36.5 Å². The molecular formula is C53H99NO5. The molecule has 6 nitrogen and oxygen atoms in total. The zero-order valence-corrected chi connectivity index (χ0v) is 39.4. The Hall–Kier alpha value is -1.92. The molecule has 1 amide bonds. The van der Waals surface area contributed by atoms with E-state index < -0.39 is 18.2 Å². The largest absolute Gasteiger partial charge is 0.462 e. The predicted octanol–water partition coefficient (Wildman–Crippen LogP) is 15.3. The van der Waals surface area contributed by atoms with Gasteiger partial charge in [-0.1, -0.05) is 231 Å². The van der Waals surface area contributed by atoms with Crippen molar-refractivity contribution in [2.24, 2.45) is 0 Å². The minimum Gasteiger partial charge on any atom is -0.462 e. The summed E-state index contributed by atoms with van der Waals surface area (Å²) >= 11 is 0. The second-order valence-electron chi connectivity index (χ2n) is 17.5. The summed E-state index contributed by atoms with van der Waals surface area (Å²) in [6.45, 7) is 6.37. The number of nitrogens with one attached hydrogen (secondary N) is 1. The zero-order chi connectivity index (χ0) is 43.1. The average Bonchev–Trinajstić information content (AvgIpc) is 3.23. The van der Waals surface area contributed by atoms with Crippen molar-refractivity contribution in [3.05, 3.63) is 36.5 Å². The summed E-state index contributed by atoms with van der Waals surface area (Å²) in [4.78, 5) is 26.1. The molecule has 0 saturated carbocycles. The van der Waals surface area contributed by atoms with Crippen molar-refractivity contribution in [2.75, 3.05) is 6.61 Å². The Kier molecular flexibility index (Phi) is 45.6. The van der Waals surface area contributed by atoms with Crippen LogP contribution in [-0.4, -0.2) is 46.9 Å². The number of hydrogen-bond acceptors (Lipinski definition) is 5. The van der Waals surface area contributed by atoms with Gasteiger partial charge >= 0.3 is 5.97 Å². The summed E-state index contributed by atoms with van der Waals surface area (Å²) < 4.78 is 5.91. The summed E-state index contributed by atoms with van der Waals surface area (Å²) in [6, 6.07) is -0.710. The summed E-state index contributed by atoms with van der Waals surface area (Å²) in [7, 11) is 0. The normalized spacial score (nSPS) is 13.5. The lowest BCUT2D eigenvalue weighted by Gasteiger charge is -2.24. The zero-order valence-electron chi connectivity index (χ0n) is 39.4. The lowest BCUT2D eigenvalue weighted by Crippen LogP contribution is -2.46. The van der Waals surface area contributed by atoms with Crippen LogP contribution >= 0.6 is 0 Å².